The number of carbonyl (C=O) groups is 3. The molecule has 2 aliphatic heterocycles. The van der Waals surface area contributed by atoms with Crippen LogP contribution in [-0.4, -0.2) is 57.9 Å². The summed E-state index contributed by atoms with van der Waals surface area (Å²) in [6.07, 6.45) is 2.81. The van der Waals surface area contributed by atoms with Gasteiger partial charge in [-0.25, -0.2) is 15.0 Å². The minimum atomic E-state index is -0.798. The van der Waals surface area contributed by atoms with E-state index in [2.05, 4.69) is 41.2 Å². The predicted octanol–water partition coefficient (Wildman–Crippen LogP) is 3.10. The molecule has 0 saturated heterocycles. The predicted molar refractivity (Wildman–Crippen MR) is 142 cm³/mol. The number of rotatable bonds is 8. The summed E-state index contributed by atoms with van der Waals surface area (Å²) in [5, 5.41) is 18.2. The largest absolute Gasteiger partial charge is 0.342 e. The maximum Gasteiger partial charge on any atom is 0.272 e. The molecule has 192 valence electrons. The lowest BCUT2D eigenvalue weighted by Gasteiger charge is -2.21. The fourth-order valence-electron chi connectivity index (χ4n) is 3.98. The molecule has 2 aromatic carbocycles. The second kappa shape index (κ2) is 10.7. The number of aliphatic imine (C=N–C) groups is 1. The molecule has 0 saturated carbocycles. The van der Waals surface area contributed by atoms with Crippen LogP contribution in [0.1, 0.15) is 5.56 Å². The summed E-state index contributed by atoms with van der Waals surface area (Å²) in [6.45, 7) is 1.88. The zero-order chi connectivity index (χ0) is 26.6. The Morgan fingerprint density at radius 2 is 1.97 bits per heavy atom. The lowest BCUT2D eigenvalue weighted by molar-refractivity contribution is -0.133. The number of anilines is 3. The van der Waals surface area contributed by atoms with Crippen molar-refractivity contribution in [2.45, 2.75) is 6.92 Å². The van der Waals surface area contributed by atoms with Gasteiger partial charge in [0.05, 0.1) is 18.6 Å². The number of alkyl halides is 1. The Balaban J connectivity index is 1.25. The molecule has 3 amide bonds. The van der Waals surface area contributed by atoms with Gasteiger partial charge in [-0.05, 0) is 42.8 Å². The van der Waals surface area contributed by atoms with Crippen molar-refractivity contribution in [1.29, 1.82) is 0 Å². The Labute approximate surface area is 221 Å². The molecule has 1 unspecified atom stereocenters. The van der Waals surface area contributed by atoms with Gasteiger partial charge in [0.15, 0.2) is 5.70 Å². The second-order valence-corrected chi connectivity index (χ2v) is 8.89. The molecule has 0 bridgehead atoms. The Morgan fingerprint density at radius 1 is 1.11 bits per heavy atom. The summed E-state index contributed by atoms with van der Waals surface area (Å²) in [7, 11) is 0. The van der Waals surface area contributed by atoms with Crippen molar-refractivity contribution in [3.63, 3.8) is 0 Å². The van der Waals surface area contributed by atoms with Gasteiger partial charge in [0.1, 0.15) is 23.8 Å². The molecule has 0 aliphatic carbocycles. The quantitative estimate of drug-likeness (QED) is 0.379. The highest BCUT2D eigenvalue weighted by Gasteiger charge is 2.37. The molecule has 0 spiro atoms. The molecule has 38 heavy (non-hydrogen) atoms. The average Bonchev–Trinajstić information content (AvgIpc) is 3.34. The van der Waals surface area contributed by atoms with Crippen LogP contribution in [-0.2, 0) is 14.4 Å². The van der Waals surface area contributed by atoms with Gasteiger partial charge in [-0.15, -0.1) is 16.7 Å². The number of hydrogen-bond acceptors (Lipinski definition) is 9. The lowest BCUT2D eigenvalue weighted by atomic mass is 10.1. The van der Waals surface area contributed by atoms with E-state index in [1.807, 2.05) is 31.2 Å². The summed E-state index contributed by atoms with van der Waals surface area (Å²) in [5.74, 6) is -1.47. The maximum atomic E-state index is 12.7. The third-order valence-corrected chi connectivity index (χ3v) is 5.96. The number of nitrogens with zero attached hydrogens (tertiary/aromatic N) is 6. The number of aryl methyl sites for hydroxylation is 1. The fraction of sp³-hybridized carbons (Fsp3) is 0.200. The Hall–Kier alpha value is -4.71. The fourth-order valence-corrected chi connectivity index (χ4v) is 4.14. The number of amides is 3. The van der Waals surface area contributed by atoms with Crippen LogP contribution in [0.4, 0.5) is 17.2 Å². The molecule has 3 N–H and O–H groups in total. The summed E-state index contributed by atoms with van der Waals surface area (Å²) in [4.78, 5) is 50.4. The van der Waals surface area contributed by atoms with Crippen LogP contribution < -0.4 is 16.0 Å². The molecule has 3 aromatic rings. The first kappa shape index (κ1) is 25.0. The molecule has 0 fully saturated rings. The van der Waals surface area contributed by atoms with Gasteiger partial charge in [-0.1, -0.05) is 17.4 Å². The summed E-state index contributed by atoms with van der Waals surface area (Å²) >= 11 is 5.67. The smallest absolute Gasteiger partial charge is 0.272 e. The van der Waals surface area contributed by atoms with Crippen molar-refractivity contribution in [3.05, 3.63) is 65.7 Å². The molecule has 2 aliphatic rings. The van der Waals surface area contributed by atoms with E-state index < -0.39 is 17.7 Å². The van der Waals surface area contributed by atoms with Crippen LogP contribution in [0.2, 0.25) is 0 Å². The number of halogens is 1. The van der Waals surface area contributed by atoms with E-state index in [9.17, 15) is 14.4 Å². The molecule has 5 rings (SSSR count). The van der Waals surface area contributed by atoms with Crippen molar-refractivity contribution in [3.8, 4) is 0 Å². The van der Waals surface area contributed by atoms with Crippen LogP contribution in [0.5, 0.6) is 0 Å². The van der Waals surface area contributed by atoms with E-state index in [4.69, 9.17) is 11.6 Å². The first-order valence-corrected chi connectivity index (χ1v) is 12.2. The second-order valence-electron chi connectivity index (χ2n) is 8.51. The van der Waals surface area contributed by atoms with Crippen molar-refractivity contribution in [2.24, 2.45) is 21.2 Å². The van der Waals surface area contributed by atoms with Crippen LogP contribution >= 0.6 is 11.6 Å². The molecule has 0 radical (unpaired) electrons. The number of nitrogens with one attached hydrogen (secondary N) is 3. The normalized spacial score (nSPS) is 16.1. The third kappa shape index (κ3) is 5.20. The minimum absolute atomic E-state index is 0.0554. The van der Waals surface area contributed by atoms with Gasteiger partial charge in [0.25, 0.3) is 11.8 Å². The average molecular weight is 532 g/mol. The Bertz CT molecular complexity index is 1540. The Morgan fingerprint density at radius 3 is 2.79 bits per heavy atom. The Kier molecular flexibility index (Phi) is 7.05. The lowest BCUT2D eigenvalue weighted by Crippen LogP contribution is -2.37. The van der Waals surface area contributed by atoms with Gasteiger partial charge in [-0.2, -0.15) is 0 Å². The summed E-state index contributed by atoms with van der Waals surface area (Å²) in [5.41, 5.74) is 3.27. The van der Waals surface area contributed by atoms with E-state index in [1.54, 1.807) is 18.2 Å². The van der Waals surface area contributed by atoms with Crippen LogP contribution in [0.15, 0.2) is 75.5 Å². The van der Waals surface area contributed by atoms with Crippen LogP contribution in [0, 0.1) is 12.8 Å². The van der Waals surface area contributed by atoms with Crippen LogP contribution in [0.25, 0.3) is 10.9 Å². The minimum Gasteiger partial charge on any atom is -0.342 e. The number of fused-ring (bicyclic) bond motifs is 2. The highest BCUT2D eigenvalue weighted by molar-refractivity contribution is 6.18. The first-order chi connectivity index (χ1) is 18.4. The van der Waals surface area contributed by atoms with Crippen molar-refractivity contribution < 1.29 is 14.4 Å². The number of hydrogen-bond donors (Lipinski definition) is 3. The summed E-state index contributed by atoms with van der Waals surface area (Å²) in [6, 6.07) is 13.1. The number of benzene rings is 2. The molecular weight excluding hydrogens is 510 g/mol. The van der Waals surface area contributed by atoms with E-state index in [0.717, 1.165) is 16.3 Å². The molecular formula is C25H22ClN9O3. The molecule has 1 aromatic heterocycles. The topological polar surface area (TPSA) is 153 Å². The highest BCUT2D eigenvalue weighted by atomic mass is 35.5. The van der Waals surface area contributed by atoms with Crippen molar-refractivity contribution >= 4 is 63.6 Å². The maximum absolute atomic E-state index is 12.7. The van der Waals surface area contributed by atoms with Gasteiger partial charge in [0, 0.05) is 28.9 Å². The van der Waals surface area contributed by atoms with Crippen LogP contribution in [0.3, 0.4) is 0 Å². The first-order valence-electron chi connectivity index (χ1n) is 11.7. The van der Waals surface area contributed by atoms with Crippen molar-refractivity contribution in [1.82, 2.24) is 20.3 Å². The summed E-state index contributed by atoms with van der Waals surface area (Å²) < 4.78 is 0. The van der Waals surface area contributed by atoms with E-state index in [-0.39, 0.29) is 36.3 Å². The number of aromatic nitrogens is 2. The van der Waals surface area contributed by atoms with E-state index in [1.165, 1.54) is 12.5 Å². The molecule has 1 atom stereocenters. The van der Waals surface area contributed by atoms with Gasteiger partial charge in [0.2, 0.25) is 5.91 Å². The standard InChI is InChI=1S/C25H22ClN9O3/c1-14-3-2-4-15(9-14)32-23-17-10-16(5-6-19(17)29-13-30-23)31-20(36)12-28-24(37)22-21-18(11-27-22)25(38)35(8-7-26)34-33-21/h2-6,9-11,13,18H,7-8,12H2,1H3,(H,28,37)(H,31,36)(H,29,30,32). The van der Waals surface area contributed by atoms with Gasteiger partial charge >= 0.3 is 0 Å². The van der Waals surface area contributed by atoms with Crippen molar-refractivity contribution in [2.75, 3.05) is 29.6 Å². The van der Waals surface area contributed by atoms with Gasteiger partial charge in [-0.3, -0.25) is 19.4 Å². The highest BCUT2D eigenvalue weighted by Crippen LogP contribution is 2.29. The van der Waals surface area contributed by atoms with E-state index in [0.29, 0.717) is 22.4 Å². The molecule has 3 heterocycles. The number of carbonyl (C=O) groups excluding carboxylic acids is 3. The van der Waals surface area contributed by atoms with E-state index >= 15 is 0 Å². The third-order valence-electron chi connectivity index (χ3n) is 5.79. The SMILES string of the molecule is Cc1cccc(Nc2ncnc3ccc(NC(=O)CNC(=O)C4=C5N=NN(CCCl)C(=O)C5C=N4)cc23)c1. The molecule has 13 heteroatoms. The monoisotopic (exact) mass is 531 g/mol. The molecule has 12 nitrogen and oxygen atoms in total. The zero-order valence-electron chi connectivity index (χ0n) is 20.2. The van der Waals surface area contributed by atoms with Gasteiger partial charge < -0.3 is 16.0 Å². The zero-order valence-corrected chi connectivity index (χ0v) is 20.9.